The van der Waals surface area contributed by atoms with Gasteiger partial charge in [0.15, 0.2) is 0 Å². The van der Waals surface area contributed by atoms with Crippen LogP contribution in [0.1, 0.15) is 11.1 Å². The summed E-state index contributed by atoms with van der Waals surface area (Å²) in [6, 6.07) is 49.9. The molecule has 4 heteroatoms. The molecule has 0 aromatic heterocycles. The molecule has 5 rings (SSSR count). The molecule has 0 heterocycles. The van der Waals surface area contributed by atoms with Crippen molar-refractivity contribution in [1.29, 1.82) is 0 Å². The van der Waals surface area contributed by atoms with E-state index >= 15 is 0 Å². The van der Waals surface area contributed by atoms with Crippen molar-refractivity contribution in [3.8, 4) is 5.75 Å². The third kappa shape index (κ3) is 5.07. The molecular formula is C33H31BrNOP. The van der Waals surface area contributed by atoms with E-state index in [4.69, 9.17) is 4.74 Å². The minimum atomic E-state index is -3.03. The average molecular weight is 568 g/mol. The number of ether oxygens (including phenoxy) is 1. The van der Waals surface area contributed by atoms with Gasteiger partial charge in [-0.2, -0.15) is 0 Å². The Morgan fingerprint density at radius 3 is 1.57 bits per heavy atom. The van der Waals surface area contributed by atoms with E-state index in [0.29, 0.717) is 0 Å². The van der Waals surface area contributed by atoms with Gasteiger partial charge in [-0.3, -0.25) is 0 Å². The van der Waals surface area contributed by atoms with Crippen LogP contribution in [0.5, 0.6) is 5.75 Å². The molecule has 0 atom stereocenters. The van der Waals surface area contributed by atoms with E-state index in [9.17, 15) is 0 Å². The first-order valence-electron chi connectivity index (χ1n) is 12.5. The maximum atomic E-state index is 5.28. The zero-order valence-corrected chi connectivity index (χ0v) is 23.4. The van der Waals surface area contributed by atoms with Gasteiger partial charge in [0, 0.05) is 0 Å². The Balaban J connectivity index is 1.57. The molecule has 37 heavy (non-hydrogen) atoms. The molecule has 0 saturated heterocycles. The molecule has 1 N–H and O–H groups in total. The summed E-state index contributed by atoms with van der Waals surface area (Å²) in [5, 5.41) is 4.50. The topological polar surface area (TPSA) is 21.3 Å². The van der Waals surface area contributed by atoms with Crippen molar-refractivity contribution >= 4 is 42.4 Å². The number of hydrogen-bond donors (Lipinski definition) is 1. The molecule has 0 aliphatic carbocycles. The standard InChI is InChI=1S/C33H31BrNOP/c1-36-30-22-20-29(21-23-30)35-25-27-12-11-13-28(24-27)26-37(34,31-14-5-2-6-15-31,32-16-7-3-8-17-32)33-18-9-4-10-19-33/h2-24,35H,25-26H2,1H3. The first-order valence-corrected chi connectivity index (χ1v) is 16.9. The number of anilines is 1. The Morgan fingerprint density at radius 2 is 1.08 bits per heavy atom. The van der Waals surface area contributed by atoms with Gasteiger partial charge in [0.25, 0.3) is 0 Å². The molecular weight excluding hydrogens is 537 g/mol. The van der Waals surface area contributed by atoms with E-state index in [2.05, 4.69) is 136 Å². The summed E-state index contributed by atoms with van der Waals surface area (Å²) in [6.07, 6.45) is 0.875. The van der Waals surface area contributed by atoms with E-state index in [0.717, 1.165) is 24.1 Å². The summed E-state index contributed by atoms with van der Waals surface area (Å²) in [4.78, 5) is 0. The molecule has 0 amide bonds. The molecule has 186 valence electrons. The van der Waals surface area contributed by atoms with Gasteiger partial charge in [-0.15, -0.1) is 0 Å². The van der Waals surface area contributed by atoms with Crippen molar-refractivity contribution in [3.63, 3.8) is 0 Å². The summed E-state index contributed by atoms with van der Waals surface area (Å²) in [5.41, 5.74) is 3.63. The molecule has 0 fully saturated rings. The molecule has 5 aromatic rings. The van der Waals surface area contributed by atoms with Crippen LogP contribution in [0.4, 0.5) is 5.69 Å². The molecule has 0 saturated carbocycles. The number of nitrogens with one attached hydrogen (secondary N) is 1. The SMILES string of the molecule is COc1ccc(NCc2cccc(CP(Br)(c3ccccc3)(c3ccccc3)c3ccccc3)c2)cc1. The molecule has 0 spiro atoms. The normalized spacial score (nSPS) is 12.3. The molecule has 0 unspecified atom stereocenters. The van der Waals surface area contributed by atoms with Gasteiger partial charge in [0.1, 0.15) is 0 Å². The van der Waals surface area contributed by atoms with Crippen molar-refractivity contribution in [1.82, 2.24) is 0 Å². The van der Waals surface area contributed by atoms with Gasteiger partial charge in [0.05, 0.1) is 0 Å². The van der Waals surface area contributed by atoms with Crippen LogP contribution in [-0.2, 0) is 12.7 Å². The van der Waals surface area contributed by atoms with Gasteiger partial charge < -0.3 is 0 Å². The Bertz CT molecular complexity index is 1340. The van der Waals surface area contributed by atoms with Crippen LogP contribution >= 0.6 is 20.8 Å². The first kappa shape index (κ1) is 25.3. The van der Waals surface area contributed by atoms with Crippen LogP contribution in [0.15, 0.2) is 140 Å². The molecule has 0 aliphatic rings. The second kappa shape index (κ2) is 10.9. The Morgan fingerprint density at radius 1 is 0.595 bits per heavy atom. The van der Waals surface area contributed by atoms with Crippen LogP contribution in [0, 0.1) is 0 Å². The van der Waals surface area contributed by atoms with Crippen LogP contribution in [0.3, 0.4) is 0 Å². The summed E-state index contributed by atoms with van der Waals surface area (Å²) in [6.45, 7) is 0.750. The summed E-state index contributed by atoms with van der Waals surface area (Å²) in [5.74, 6) is 0.860. The zero-order valence-electron chi connectivity index (χ0n) is 20.9. The number of halogens is 1. The number of methoxy groups -OCH3 is 1. The monoisotopic (exact) mass is 567 g/mol. The average Bonchev–Trinajstić information content (AvgIpc) is 2.98. The Labute approximate surface area is 228 Å². The molecule has 2 nitrogen and oxygen atoms in total. The van der Waals surface area contributed by atoms with E-state index in [1.165, 1.54) is 27.0 Å². The van der Waals surface area contributed by atoms with Gasteiger partial charge in [-0.05, 0) is 0 Å². The number of benzene rings is 5. The molecule has 0 bridgehead atoms. The summed E-state index contributed by atoms with van der Waals surface area (Å²) >= 11 is 4.57. The summed E-state index contributed by atoms with van der Waals surface area (Å²) in [7, 11) is 1.69. The van der Waals surface area contributed by atoms with Crippen molar-refractivity contribution in [3.05, 3.63) is 151 Å². The quantitative estimate of drug-likeness (QED) is 0.185. The zero-order chi connectivity index (χ0) is 25.6. The second-order valence-electron chi connectivity index (χ2n) is 9.25. The van der Waals surface area contributed by atoms with E-state index in [1.807, 2.05) is 24.3 Å². The summed E-state index contributed by atoms with van der Waals surface area (Å²) < 4.78 is 5.28. The molecule has 0 radical (unpaired) electrons. The Hall–Kier alpha value is -3.39. The van der Waals surface area contributed by atoms with Crippen molar-refractivity contribution in [2.24, 2.45) is 0 Å². The second-order valence-corrected chi connectivity index (χ2v) is 18.2. The minimum absolute atomic E-state index is 0.750. The van der Waals surface area contributed by atoms with Gasteiger partial charge >= 0.3 is 229 Å². The third-order valence-corrected chi connectivity index (χ3v) is 16.5. The van der Waals surface area contributed by atoms with Crippen LogP contribution in [-0.4, -0.2) is 7.11 Å². The third-order valence-electron chi connectivity index (χ3n) is 6.94. The molecule has 5 aromatic carbocycles. The van der Waals surface area contributed by atoms with Gasteiger partial charge in [0.2, 0.25) is 0 Å². The van der Waals surface area contributed by atoms with E-state index in [-0.39, 0.29) is 0 Å². The number of rotatable bonds is 9. The van der Waals surface area contributed by atoms with E-state index < -0.39 is 5.31 Å². The fourth-order valence-electron chi connectivity index (χ4n) is 5.03. The van der Waals surface area contributed by atoms with Crippen LogP contribution in [0.2, 0.25) is 0 Å². The number of hydrogen-bond acceptors (Lipinski definition) is 2. The van der Waals surface area contributed by atoms with E-state index in [1.54, 1.807) is 7.11 Å². The predicted octanol–water partition coefficient (Wildman–Crippen LogP) is 7.65. The molecule has 0 aliphatic heterocycles. The fourth-order valence-corrected chi connectivity index (χ4v) is 12.7. The van der Waals surface area contributed by atoms with Crippen molar-refractivity contribution < 1.29 is 4.74 Å². The Kier molecular flexibility index (Phi) is 7.46. The fraction of sp³-hybridized carbons (Fsp3) is 0.0909. The van der Waals surface area contributed by atoms with Gasteiger partial charge in [-0.1, -0.05) is 0 Å². The van der Waals surface area contributed by atoms with Crippen molar-refractivity contribution in [2.75, 3.05) is 12.4 Å². The van der Waals surface area contributed by atoms with Gasteiger partial charge in [-0.25, -0.2) is 0 Å². The predicted molar refractivity (Wildman–Crippen MR) is 165 cm³/mol. The first-order chi connectivity index (χ1) is 18.1. The van der Waals surface area contributed by atoms with Crippen molar-refractivity contribution in [2.45, 2.75) is 12.7 Å². The maximum absolute atomic E-state index is 5.28. The van der Waals surface area contributed by atoms with Crippen LogP contribution < -0.4 is 26.0 Å². The van der Waals surface area contributed by atoms with Crippen LogP contribution in [0.25, 0.3) is 0 Å².